The Morgan fingerprint density at radius 1 is 1.38 bits per heavy atom. The molecule has 1 aromatic rings. The van der Waals surface area contributed by atoms with Crippen LogP contribution in [0.4, 0.5) is 0 Å². The SMILES string of the molecule is N#Cc1ccc(C(O)[P+](=O)O)cc1. The number of rotatable bonds is 2. The molecular weight excluding hydrogens is 189 g/mol. The molecule has 1 rings (SSSR count). The minimum Gasteiger partial charge on any atom is -0.345 e. The van der Waals surface area contributed by atoms with E-state index in [0.717, 1.165) is 0 Å². The van der Waals surface area contributed by atoms with E-state index in [0.29, 0.717) is 11.1 Å². The average molecular weight is 196 g/mol. The number of aliphatic hydroxyl groups excluding tert-OH is 1. The van der Waals surface area contributed by atoms with Crippen LogP contribution >= 0.6 is 8.03 Å². The summed E-state index contributed by atoms with van der Waals surface area (Å²) in [5.74, 6) is -1.37. The van der Waals surface area contributed by atoms with Crippen LogP contribution in [-0.2, 0) is 4.57 Å². The third-order valence-corrected chi connectivity index (χ3v) is 2.26. The second-order valence-electron chi connectivity index (χ2n) is 2.41. The van der Waals surface area contributed by atoms with Gasteiger partial charge >= 0.3 is 13.9 Å². The highest BCUT2D eigenvalue weighted by Gasteiger charge is 2.27. The Labute approximate surface area is 75.9 Å². The molecular formula is C8H7NO3P+. The second-order valence-corrected chi connectivity index (χ2v) is 3.50. The summed E-state index contributed by atoms with van der Waals surface area (Å²) in [6.45, 7) is 0. The van der Waals surface area contributed by atoms with Crippen molar-refractivity contribution >= 4 is 8.03 Å². The lowest BCUT2D eigenvalue weighted by Crippen LogP contribution is -1.91. The van der Waals surface area contributed by atoms with Gasteiger partial charge in [0.1, 0.15) is 0 Å². The lowest BCUT2D eigenvalue weighted by molar-refractivity contribution is 0.243. The molecule has 5 heteroatoms. The van der Waals surface area contributed by atoms with Gasteiger partial charge in [0.15, 0.2) is 0 Å². The van der Waals surface area contributed by atoms with E-state index in [4.69, 9.17) is 15.3 Å². The van der Waals surface area contributed by atoms with Gasteiger partial charge in [0.2, 0.25) is 0 Å². The summed E-state index contributed by atoms with van der Waals surface area (Å²) in [4.78, 5) is 8.60. The van der Waals surface area contributed by atoms with Crippen LogP contribution in [-0.4, -0.2) is 10.00 Å². The molecule has 0 bridgehead atoms. The molecule has 0 saturated heterocycles. The fraction of sp³-hybridized carbons (Fsp3) is 0.125. The second kappa shape index (κ2) is 4.11. The Bertz CT molecular complexity index is 355. The number of benzene rings is 1. The van der Waals surface area contributed by atoms with Crippen LogP contribution in [0.3, 0.4) is 0 Å². The van der Waals surface area contributed by atoms with Crippen LogP contribution < -0.4 is 0 Å². The molecule has 2 unspecified atom stereocenters. The molecule has 0 aliphatic carbocycles. The van der Waals surface area contributed by atoms with Gasteiger partial charge in [-0.1, -0.05) is 12.1 Å². The zero-order valence-electron chi connectivity index (χ0n) is 6.58. The third kappa shape index (κ3) is 2.33. The minimum atomic E-state index is -2.63. The molecule has 0 amide bonds. The lowest BCUT2D eigenvalue weighted by Gasteiger charge is -1.96. The van der Waals surface area contributed by atoms with E-state index in [9.17, 15) is 4.57 Å². The zero-order chi connectivity index (χ0) is 9.84. The van der Waals surface area contributed by atoms with Gasteiger partial charge in [0, 0.05) is 5.56 Å². The summed E-state index contributed by atoms with van der Waals surface area (Å²) in [6.07, 6.45) is 0. The molecule has 2 atom stereocenters. The summed E-state index contributed by atoms with van der Waals surface area (Å²) in [5, 5.41) is 17.6. The van der Waals surface area contributed by atoms with Crippen molar-refractivity contribution in [3.05, 3.63) is 35.4 Å². The summed E-state index contributed by atoms with van der Waals surface area (Å²) < 4.78 is 10.5. The van der Waals surface area contributed by atoms with Crippen molar-refractivity contribution in [2.75, 3.05) is 0 Å². The van der Waals surface area contributed by atoms with Crippen molar-refractivity contribution < 1.29 is 14.6 Å². The van der Waals surface area contributed by atoms with E-state index in [1.165, 1.54) is 24.3 Å². The fourth-order valence-electron chi connectivity index (χ4n) is 0.857. The molecule has 0 heterocycles. The highest BCUT2D eigenvalue weighted by atomic mass is 31.1. The maximum atomic E-state index is 10.5. The molecule has 0 aromatic heterocycles. The van der Waals surface area contributed by atoms with E-state index < -0.39 is 13.9 Å². The summed E-state index contributed by atoms with van der Waals surface area (Å²) in [6, 6.07) is 7.77. The van der Waals surface area contributed by atoms with Crippen LogP contribution in [0.25, 0.3) is 0 Å². The molecule has 66 valence electrons. The van der Waals surface area contributed by atoms with Crippen molar-refractivity contribution in [3.8, 4) is 6.07 Å². The third-order valence-electron chi connectivity index (χ3n) is 1.55. The topological polar surface area (TPSA) is 81.3 Å². The van der Waals surface area contributed by atoms with Crippen molar-refractivity contribution in [3.63, 3.8) is 0 Å². The van der Waals surface area contributed by atoms with Crippen LogP contribution in [0, 0.1) is 11.3 Å². The average Bonchev–Trinajstić information content (AvgIpc) is 2.17. The van der Waals surface area contributed by atoms with E-state index in [1.807, 2.05) is 6.07 Å². The van der Waals surface area contributed by atoms with Gasteiger partial charge in [-0.25, -0.2) is 0 Å². The van der Waals surface area contributed by atoms with Gasteiger partial charge in [0.05, 0.1) is 11.6 Å². The molecule has 2 N–H and O–H groups in total. The van der Waals surface area contributed by atoms with Gasteiger partial charge < -0.3 is 5.11 Å². The highest BCUT2D eigenvalue weighted by molar-refractivity contribution is 7.38. The Balaban J connectivity index is 2.93. The summed E-state index contributed by atoms with van der Waals surface area (Å²) in [5.41, 5.74) is 0.784. The molecule has 0 spiro atoms. The van der Waals surface area contributed by atoms with Gasteiger partial charge in [-0.15, -0.1) is 0 Å². The summed E-state index contributed by atoms with van der Waals surface area (Å²) in [7, 11) is -2.63. The first-order valence-electron chi connectivity index (χ1n) is 3.48. The molecule has 13 heavy (non-hydrogen) atoms. The van der Waals surface area contributed by atoms with Crippen molar-refractivity contribution in [2.45, 2.75) is 5.85 Å². The van der Waals surface area contributed by atoms with E-state index in [2.05, 4.69) is 0 Å². The molecule has 4 nitrogen and oxygen atoms in total. The molecule has 0 fully saturated rings. The van der Waals surface area contributed by atoms with Crippen LogP contribution in [0.15, 0.2) is 24.3 Å². The first kappa shape index (κ1) is 9.82. The minimum absolute atomic E-state index is 0.336. The predicted molar refractivity (Wildman–Crippen MR) is 45.9 cm³/mol. The normalized spacial score (nSPS) is 13.2. The summed E-state index contributed by atoms with van der Waals surface area (Å²) >= 11 is 0. The number of hydrogen-bond donors (Lipinski definition) is 2. The van der Waals surface area contributed by atoms with E-state index >= 15 is 0 Å². The van der Waals surface area contributed by atoms with E-state index in [1.54, 1.807) is 0 Å². The first-order valence-corrected chi connectivity index (χ1v) is 4.76. The van der Waals surface area contributed by atoms with Crippen LogP contribution in [0.5, 0.6) is 0 Å². The van der Waals surface area contributed by atoms with Crippen molar-refractivity contribution in [1.29, 1.82) is 5.26 Å². The highest BCUT2D eigenvalue weighted by Crippen LogP contribution is 2.34. The maximum Gasteiger partial charge on any atom is 0.542 e. The van der Waals surface area contributed by atoms with Crippen molar-refractivity contribution in [2.24, 2.45) is 0 Å². The Hall–Kier alpha value is -1.27. The molecule has 0 radical (unpaired) electrons. The molecule has 0 aliphatic heterocycles. The number of nitrogens with zero attached hydrogens (tertiary/aromatic N) is 1. The Kier molecular flexibility index (Phi) is 3.10. The maximum absolute atomic E-state index is 10.5. The largest absolute Gasteiger partial charge is 0.542 e. The van der Waals surface area contributed by atoms with Crippen LogP contribution in [0.1, 0.15) is 17.0 Å². The van der Waals surface area contributed by atoms with E-state index in [-0.39, 0.29) is 0 Å². The monoisotopic (exact) mass is 196 g/mol. The first-order chi connectivity index (χ1) is 6.15. The van der Waals surface area contributed by atoms with Gasteiger partial charge in [0.25, 0.3) is 0 Å². The Morgan fingerprint density at radius 3 is 2.31 bits per heavy atom. The molecule has 1 aromatic carbocycles. The predicted octanol–water partition coefficient (Wildman–Crippen LogP) is 1.28. The number of aliphatic hydroxyl groups is 1. The lowest BCUT2D eigenvalue weighted by atomic mass is 10.2. The Morgan fingerprint density at radius 2 is 1.92 bits per heavy atom. The van der Waals surface area contributed by atoms with Gasteiger partial charge in [-0.3, -0.25) is 0 Å². The zero-order valence-corrected chi connectivity index (χ0v) is 7.48. The fourth-order valence-corrected chi connectivity index (χ4v) is 1.28. The van der Waals surface area contributed by atoms with Crippen LogP contribution in [0.2, 0.25) is 0 Å². The standard InChI is InChI=1S/C8H6NO3P/c9-5-6-1-3-7(4-2-6)8(10)13(11)12/h1-4,8,10H/p+1. The number of nitriles is 1. The number of hydrogen-bond acceptors (Lipinski definition) is 3. The van der Waals surface area contributed by atoms with Crippen molar-refractivity contribution in [1.82, 2.24) is 0 Å². The van der Waals surface area contributed by atoms with Gasteiger partial charge in [-0.05, 0) is 16.7 Å². The quantitative estimate of drug-likeness (QED) is 0.698. The molecule has 0 aliphatic rings. The van der Waals surface area contributed by atoms with Gasteiger partial charge in [-0.2, -0.15) is 10.2 Å². The smallest absolute Gasteiger partial charge is 0.345 e. The molecule has 0 saturated carbocycles.